The normalized spacial score (nSPS) is 10.2. The maximum Gasteiger partial charge on any atom is 0.352 e. The number of esters is 2. The molecule has 0 spiro atoms. The zero-order valence-corrected chi connectivity index (χ0v) is 9.70. The first-order valence-corrected chi connectivity index (χ1v) is 4.80. The lowest BCUT2D eigenvalue weighted by Gasteiger charge is -2.06. The molecule has 1 aromatic carbocycles. The molecule has 0 heterocycles. The van der Waals surface area contributed by atoms with Gasteiger partial charge in [-0.25, -0.2) is 22.4 Å². The van der Waals surface area contributed by atoms with Crippen LogP contribution >= 0.6 is 15.9 Å². The highest BCUT2D eigenvalue weighted by Crippen LogP contribution is 2.28. The van der Waals surface area contributed by atoms with E-state index in [1.165, 1.54) is 0 Å². The zero-order chi connectivity index (χ0) is 13.3. The molecule has 3 nitrogen and oxygen atoms in total. The fourth-order valence-corrected chi connectivity index (χ4v) is 1.31. The Kier molecular flexibility index (Phi) is 3.87. The van der Waals surface area contributed by atoms with Crippen LogP contribution in [0.25, 0.3) is 0 Å². The van der Waals surface area contributed by atoms with Crippen LogP contribution in [0.5, 0.6) is 0 Å². The molecule has 1 aromatic rings. The molecule has 0 aliphatic carbocycles. The Morgan fingerprint density at radius 2 is 1.41 bits per heavy atom. The maximum atomic E-state index is 13.2. The highest BCUT2D eigenvalue weighted by molar-refractivity contribution is 9.10. The van der Waals surface area contributed by atoms with Crippen molar-refractivity contribution in [2.45, 2.75) is 6.92 Å². The predicted molar refractivity (Wildman–Crippen MR) is 50.1 cm³/mol. The first-order valence-electron chi connectivity index (χ1n) is 4.01. The minimum Gasteiger partial charge on any atom is -0.389 e. The van der Waals surface area contributed by atoms with Gasteiger partial charge in [0.1, 0.15) is 5.56 Å². The summed E-state index contributed by atoms with van der Waals surface area (Å²) in [7, 11) is 0. The van der Waals surface area contributed by atoms with Gasteiger partial charge in [0.05, 0.1) is 4.47 Å². The molecule has 92 valence electrons. The molecule has 8 heteroatoms. The third-order valence-corrected chi connectivity index (χ3v) is 2.35. The van der Waals surface area contributed by atoms with Gasteiger partial charge in [-0.2, -0.15) is 0 Å². The van der Waals surface area contributed by atoms with E-state index in [0.29, 0.717) is 0 Å². The van der Waals surface area contributed by atoms with E-state index in [2.05, 4.69) is 20.7 Å². The van der Waals surface area contributed by atoms with Gasteiger partial charge in [0.2, 0.25) is 0 Å². The highest BCUT2D eigenvalue weighted by atomic mass is 79.9. The molecular formula is C9H3BrF4O3. The van der Waals surface area contributed by atoms with E-state index in [4.69, 9.17) is 0 Å². The Morgan fingerprint density at radius 1 is 1.00 bits per heavy atom. The third kappa shape index (κ3) is 2.46. The van der Waals surface area contributed by atoms with Gasteiger partial charge in [0.15, 0.2) is 23.3 Å². The molecular weight excluding hydrogens is 312 g/mol. The number of carbonyl (C=O) groups is 2. The Balaban J connectivity index is 3.44. The molecule has 0 saturated carbocycles. The predicted octanol–water partition coefficient (Wildman–Crippen LogP) is 2.71. The molecule has 0 aliphatic heterocycles. The summed E-state index contributed by atoms with van der Waals surface area (Å²) in [5.74, 6) is -10.4. The Morgan fingerprint density at radius 3 is 1.76 bits per heavy atom. The van der Waals surface area contributed by atoms with Gasteiger partial charge in [-0.15, -0.1) is 0 Å². The summed E-state index contributed by atoms with van der Waals surface area (Å²) in [5.41, 5.74) is -1.60. The van der Waals surface area contributed by atoms with Gasteiger partial charge in [0.25, 0.3) is 0 Å². The van der Waals surface area contributed by atoms with Gasteiger partial charge in [0, 0.05) is 6.92 Å². The largest absolute Gasteiger partial charge is 0.389 e. The molecule has 0 amide bonds. The molecule has 0 unspecified atom stereocenters. The van der Waals surface area contributed by atoms with E-state index in [9.17, 15) is 27.2 Å². The van der Waals surface area contributed by atoms with Gasteiger partial charge in [-0.05, 0) is 15.9 Å². The summed E-state index contributed by atoms with van der Waals surface area (Å²) in [6.45, 7) is 0.791. The maximum absolute atomic E-state index is 13.2. The van der Waals surface area contributed by atoms with E-state index in [1.54, 1.807) is 0 Å². The first-order chi connectivity index (χ1) is 7.77. The van der Waals surface area contributed by atoms with Crippen molar-refractivity contribution in [1.29, 1.82) is 0 Å². The number of hydrogen-bond donors (Lipinski definition) is 0. The molecule has 0 aromatic heterocycles. The van der Waals surface area contributed by atoms with Crippen molar-refractivity contribution in [2.75, 3.05) is 0 Å². The number of halogens is 5. The zero-order valence-electron chi connectivity index (χ0n) is 8.11. The number of rotatable bonds is 1. The monoisotopic (exact) mass is 314 g/mol. The van der Waals surface area contributed by atoms with E-state index in [1.807, 2.05) is 0 Å². The summed E-state index contributed by atoms with van der Waals surface area (Å²) in [5, 5.41) is 0. The van der Waals surface area contributed by atoms with Crippen molar-refractivity contribution >= 4 is 27.9 Å². The van der Waals surface area contributed by atoms with Crippen LogP contribution in [0.3, 0.4) is 0 Å². The minimum atomic E-state index is -1.94. The number of hydrogen-bond acceptors (Lipinski definition) is 3. The van der Waals surface area contributed by atoms with Crippen molar-refractivity contribution in [1.82, 2.24) is 0 Å². The second kappa shape index (κ2) is 4.82. The fraction of sp³-hybridized carbons (Fsp3) is 0.111. The van der Waals surface area contributed by atoms with Crippen molar-refractivity contribution in [2.24, 2.45) is 0 Å². The highest BCUT2D eigenvalue weighted by Gasteiger charge is 2.30. The number of ether oxygens (including phenoxy) is 1. The molecule has 0 radical (unpaired) electrons. The summed E-state index contributed by atoms with van der Waals surface area (Å²) in [6.07, 6.45) is 0. The van der Waals surface area contributed by atoms with Gasteiger partial charge < -0.3 is 4.74 Å². The lowest BCUT2D eigenvalue weighted by Crippen LogP contribution is -2.16. The third-order valence-electron chi connectivity index (χ3n) is 1.65. The Labute approximate surface area is 100 Å². The topological polar surface area (TPSA) is 43.4 Å². The van der Waals surface area contributed by atoms with Crippen molar-refractivity contribution < 1.29 is 31.9 Å². The lowest BCUT2D eigenvalue weighted by molar-refractivity contribution is -0.135. The van der Waals surface area contributed by atoms with Gasteiger partial charge in [-0.3, -0.25) is 4.79 Å². The fourth-order valence-electron chi connectivity index (χ4n) is 0.966. The van der Waals surface area contributed by atoms with Crippen LogP contribution in [0.4, 0.5) is 17.6 Å². The van der Waals surface area contributed by atoms with Crippen LogP contribution < -0.4 is 0 Å². The molecule has 0 atom stereocenters. The van der Waals surface area contributed by atoms with E-state index in [0.717, 1.165) is 6.92 Å². The van der Waals surface area contributed by atoms with E-state index < -0.39 is 45.2 Å². The van der Waals surface area contributed by atoms with Crippen molar-refractivity contribution in [3.8, 4) is 0 Å². The van der Waals surface area contributed by atoms with Crippen molar-refractivity contribution in [3.05, 3.63) is 33.3 Å². The van der Waals surface area contributed by atoms with Crippen LogP contribution in [0, 0.1) is 23.3 Å². The summed E-state index contributed by atoms with van der Waals surface area (Å²) >= 11 is 2.27. The smallest absolute Gasteiger partial charge is 0.352 e. The molecule has 0 fully saturated rings. The Hall–Kier alpha value is -1.44. The number of benzene rings is 1. The van der Waals surface area contributed by atoms with E-state index in [-0.39, 0.29) is 0 Å². The quantitative estimate of drug-likeness (QED) is 0.263. The summed E-state index contributed by atoms with van der Waals surface area (Å²) < 4.78 is 55.1. The second-order valence-corrected chi connectivity index (χ2v) is 3.62. The van der Waals surface area contributed by atoms with Crippen LogP contribution in [0.1, 0.15) is 17.3 Å². The standard InChI is InChI=1S/C9H3BrF4O3/c1-2(15)17-9(16)3-5(11)7(13)4(10)8(14)6(3)12/h1H3. The second-order valence-electron chi connectivity index (χ2n) is 2.83. The molecule has 0 aliphatic rings. The number of carbonyl (C=O) groups excluding carboxylic acids is 2. The van der Waals surface area contributed by atoms with Crippen LogP contribution in [-0.4, -0.2) is 11.9 Å². The molecule has 17 heavy (non-hydrogen) atoms. The first kappa shape index (κ1) is 13.6. The minimum absolute atomic E-state index is 0.791. The summed E-state index contributed by atoms with van der Waals surface area (Å²) in [4.78, 5) is 21.4. The Bertz CT molecular complexity index is 486. The average Bonchev–Trinajstić information content (AvgIpc) is 2.23. The van der Waals surface area contributed by atoms with Crippen molar-refractivity contribution in [3.63, 3.8) is 0 Å². The van der Waals surface area contributed by atoms with Gasteiger partial charge >= 0.3 is 11.9 Å². The molecule has 1 rings (SSSR count). The average molecular weight is 315 g/mol. The van der Waals surface area contributed by atoms with Crippen LogP contribution in [0.2, 0.25) is 0 Å². The van der Waals surface area contributed by atoms with Crippen LogP contribution in [-0.2, 0) is 9.53 Å². The van der Waals surface area contributed by atoms with Gasteiger partial charge in [-0.1, -0.05) is 0 Å². The lowest BCUT2D eigenvalue weighted by atomic mass is 10.2. The van der Waals surface area contributed by atoms with E-state index >= 15 is 0 Å². The molecule has 0 bridgehead atoms. The summed E-state index contributed by atoms with van der Waals surface area (Å²) in [6, 6.07) is 0. The molecule has 0 saturated heterocycles. The molecule has 0 N–H and O–H groups in total. The van der Waals surface area contributed by atoms with Crippen LogP contribution in [0.15, 0.2) is 4.47 Å². The SMILES string of the molecule is CC(=O)OC(=O)c1c(F)c(F)c(Br)c(F)c1F.